The molecular formula is C31H50N2O4. The number of β-amino-alcohol motifs (C(OH)–C–C–N with tert-alkyl or cyclic N) is 1. The van der Waals surface area contributed by atoms with E-state index >= 15 is 0 Å². The predicted molar refractivity (Wildman–Crippen MR) is 146 cm³/mol. The van der Waals surface area contributed by atoms with Crippen molar-refractivity contribution in [3.8, 4) is 0 Å². The molecule has 2 bridgehead atoms. The van der Waals surface area contributed by atoms with E-state index in [0.29, 0.717) is 30.7 Å². The molecule has 6 heteroatoms. The molecule has 2 saturated carbocycles. The Bertz CT molecular complexity index is 1050. The van der Waals surface area contributed by atoms with Crippen LogP contribution >= 0.6 is 0 Å². The van der Waals surface area contributed by atoms with Gasteiger partial charge in [-0.2, -0.15) is 0 Å². The molecular weight excluding hydrogens is 464 g/mol. The normalized spacial score (nSPS) is 39.8. The highest BCUT2D eigenvalue weighted by Gasteiger charge is 2.58. The fourth-order valence-electron chi connectivity index (χ4n) is 9.45. The first-order valence-corrected chi connectivity index (χ1v) is 14.8. The highest BCUT2D eigenvalue weighted by molar-refractivity contribution is 5.17. The number of nitrogens with zero attached hydrogens (tertiary/aromatic N) is 2. The fraction of sp³-hybridized carbons (Fsp3) is 0.839. The number of pyridine rings is 1. The number of aromatic nitrogens is 1. The number of rotatable bonds is 6. The molecule has 0 unspecified atom stereocenters. The third kappa shape index (κ3) is 4.97. The van der Waals surface area contributed by atoms with E-state index in [1.165, 1.54) is 12.8 Å². The van der Waals surface area contributed by atoms with Crippen LogP contribution in [0.5, 0.6) is 0 Å². The van der Waals surface area contributed by atoms with E-state index in [2.05, 4.69) is 31.7 Å². The maximum Gasteiger partial charge on any atom is 0.250 e. The van der Waals surface area contributed by atoms with Crippen molar-refractivity contribution >= 4 is 0 Å². The zero-order chi connectivity index (χ0) is 26.8. The van der Waals surface area contributed by atoms with Gasteiger partial charge in [-0.05, 0) is 93.4 Å². The molecule has 4 aliphatic rings. The van der Waals surface area contributed by atoms with E-state index < -0.39 is 17.3 Å². The Labute approximate surface area is 223 Å². The molecule has 1 aromatic rings. The molecule has 0 radical (unpaired) electrons. The summed E-state index contributed by atoms with van der Waals surface area (Å²) in [4.78, 5) is 14.6. The molecule has 6 nitrogen and oxygen atoms in total. The van der Waals surface area contributed by atoms with E-state index in [-0.39, 0.29) is 22.3 Å². The lowest BCUT2D eigenvalue weighted by atomic mass is 9.45. The summed E-state index contributed by atoms with van der Waals surface area (Å²) in [6.45, 7) is 13.8. The van der Waals surface area contributed by atoms with Crippen molar-refractivity contribution in [2.75, 3.05) is 19.6 Å². The van der Waals surface area contributed by atoms with Crippen LogP contribution in [0, 0.1) is 28.6 Å². The summed E-state index contributed by atoms with van der Waals surface area (Å²) in [5.41, 5.74) is -0.437. The lowest BCUT2D eigenvalue weighted by Crippen LogP contribution is -2.58. The second-order valence-corrected chi connectivity index (χ2v) is 14.7. The number of aliphatic hydroxyl groups is 3. The van der Waals surface area contributed by atoms with Crippen molar-refractivity contribution < 1.29 is 15.3 Å². The van der Waals surface area contributed by atoms with Gasteiger partial charge in [0.25, 0.3) is 5.56 Å². The third-order valence-electron chi connectivity index (χ3n) is 11.4. The van der Waals surface area contributed by atoms with E-state index in [0.717, 1.165) is 57.4 Å². The standard InChI is InChI=1S/C31H50N2O4/c1-28(2)12-7-13-29(3)24(28)10-14-30(4,36)25(29)11-15-31(5,37)26(34)20-32-17-21-16-22(19-32)23-8-6-9-27(35)33(23)18-21/h6,8-9,21-22,24-26,34,36-37H,7,10-20H2,1-5H3/t21-,22-,24+,25+,26+,29-,30+,31+/m0/s1. The Kier molecular flexibility index (Phi) is 7.00. The zero-order valence-corrected chi connectivity index (χ0v) is 23.7. The number of hydrogen-bond donors (Lipinski definition) is 3. The Hall–Kier alpha value is -1.21. The average Bonchev–Trinajstić information content (AvgIpc) is 2.78. The van der Waals surface area contributed by atoms with Crippen LogP contribution in [0.1, 0.15) is 97.6 Å². The van der Waals surface area contributed by atoms with Gasteiger partial charge in [-0.1, -0.05) is 33.3 Å². The van der Waals surface area contributed by atoms with Gasteiger partial charge in [0.15, 0.2) is 0 Å². The molecule has 1 saturated heterocycles. The summed E-state index contributed by atoms with van der Waals surface area (Å²) in [6.07, 6.45) is 6.88. The third-order valence-corrected chi connectivity index (χ3v) is 11.4. The summed E-state index contributed by atoms with van der Waals surface area (Å²) >= 11 is 0. The monoisotopic (exact) mass is 514 g/mol. The van der Waals surface area contributed by atoms with Gasteiger partial charge in [0.1, 0.15) is 0 Å². The largest absolute Gasteiger partial charge is 0.390 e. The van der Waals surface area contributed by atoms with Crippen LogP contribution in [0.4, 0.5) is 0 Å². The summed E-state index contributed by atoms with van der Waals surface area (Å²) in [5, 5.41) is 34.3. The van der Waals surface area contributed by atoms with Crippen molar-refractivity contribution in [2.24, 2.45) is 28.6 Å². The summed E-state index contributed by atoms with van der Waals surface area (Å²) < 4.78 is 1.93. The smallest absolute Gasteiger partial charge is 0.250 e. The van der Waals surface area contributed by atoms with Gasteiger partial charge in [0, 0.05) is 43.9 Å². The average molecular weight is 515 g/mol. The second kappa shape index (κ2) is 9.46. The lowest BCUT2D eigenvalue weighted by molar-refractivity contribution is -0.176. The van der Waals surface area contributed by atoms with Crippen molar-refractivity contribution in [3.63, 3.8) is 0 Å². The van der Waals surface area contributed by atoms with Crippen molar-refractivity contribution in [1.82, 2.24) is 9.47 Å². The molecule has 2 aliphatic carbocycles. The molecule has 37 heavy (non-hydrogen) atoms. The van der Waals surface area contributed by atoms with Gasteiger partial charge in [-0.3, -0.25) is 9.69 Å². The molecule has 208 valence electrons. The predicted octanol–water partition coefficient (Wildman–Crippen LogP) is 4.15. The highest BCUT2D eigenvalue weighted by atomic mass is 16.3. The Morgan fingerprint density at radius 1 is 1.11 bits per heavy atom. The van der Waals surface area contributed by atoms with E-state index in [1.54, 1.807) is 13.0 Å². The molecule has 2 aliphatic heterocycles. The van der Waals surface area contributed by atoms with Crippen LogP contribution in [-0.2, 0) is 6.54 Å². The minimum atomic E-state index is -1.22. The van der Waals surface area contributed by atoms with E-state index in [1.807, 2.05) is 17.6 Å². The van der Waals surface area contributed by atoms with Gasteiger partial charge in [-0.15, -0.1) is 0 Å². The van der Waals surface area contributed by atoms with Crippen LogP contribution in [-0.4, -0.2) is 61.7 Å². The minimum absolute atomic E-state index is 0.0559. The first kappa shape index (κ1) is 27.4. The van der Waals surface area contributed by atoms with Crippen LogP contribution in [0.2, 0.25) is 0 Å². The quantitative estimate of drug-likeness (QED) is 0.531. The van der Waals surface area contributed by atoms with Crippen molar-refractivity contribution in [2.45, 2.75) is 116 Å². The molecule has 1 aromatic heterocycles. The van der Waals surface area contributed by atoms with Gasteiger partial charge >= 0.3 is 0 Å². The molecule has 3 heterocycles. The Morgan fingerprint density at radius 3 is 2.62 bits per heavy atom. The van der Waals surface area contributed by atoms with Crippen molar-refractivity contribution in [3.05, 3.63) is 34.2 Å². The van der Waals surface area contributed by atoms with Crippen LogP contribution < -0.4 is 5.56 Å². The van der Waals surface area contributed by atoms with E-state index in [9.17, 15) is 20.1 Å². The summed E-state index contributed by atoms with van der Waals surface area (Å²) in [5.74, 6) is 1.38. The van der Waals surface area contributed by atoms with Gasteiger partial charge in [0.2, 0.25) is 0 Å². The van der Waals surface area contributed by atoms with E-state index in [4.69, 9.17) is 0 Å². The number of piperidine rings is 1. The van der Waals surface area contributed by atoms with Gasteiger partial charge in [-0.25, -0.2) is 0 Å². The van der Waals surface area contributed by atoms with Gasteiger partial charge in [0.05, 0.1) is 17.3 Å². The minimum Gasteiger partial charge on any atom is -0.390 e. The first-order chi connectivity index (χ1) is 17.2. The Morgan fingerprint density at radius 2 is 1.86 bits per heavy atom. The van der Waals surface area contributed by atoms with Crippen LogP contribution in [0.15, 0.2) is 23.0 Å². The second-order valence-electron chi connectivity index (χ2n) is 14.7. The number of aliphatic hydroxyl groups excluding tert-OH is 1. The maximum atomic E-state index is 12.3. The van der Waals surface area contributed by atoms with Crippen LogP contribution in [0.25, 0.3) is 0 Å². The van der Waals surface area contributed by atoms with Gasteiger partial charge < -0.3 is 19.9 Å². The topological polar surface area (TPSA) is 85.9 Å². The zero-order valence-electron chi connectivity index (χ0n) is 23.7. The van der Waals surface area contributed by atoms with Crippen LogP contribution in [0.3, 0.4) is 0 Å². The molecule has 0 spiro atoms. The summed E-state index contributed by atoms with van der Waals surface area (Å²) in [6, 6.07) is 5.56. The fourth-order valence-corrected chi connectivity index (χ4v) is 9.45. The molecule has 3 N–H and O–H groups in total. The first-order valence-electron chi connectivity index (χ1n) is 14.8. The number of fused-ring (bicyclic) bond motifs is 5. The number of hydrogen-bond acceptors (Lipinski definition) is 5. The highest BCUT2D eigenvalue weighted by Crippen LogP contribution is 2.63. The molecule has 8 atom stereocenters. The Balaban J connectivity index is 1.25. The summed E-state index contributed by atoms with van der Waals surface area (Å²) in [7, 11) is 0. The lowest BCUT2D eigenvalue weighted by Gasteiger charge is -2.61. The molecule has 5 rings (SSSR count). The molecule has 0 aromatic carbocycles. The number of likely N-dealkylation sites (tertiary alicyclic amines) is 1. The SMILES string of the molecule is CC1(C)CCC[C@@]2(C)[C@@H]1CC[C@@](C)(O)[C@@H]2CC[C@@](C)(O)[C@H](O)CN1C[C@@H]2C[C@@H](C1)c1cccc(=O)n1C2. The van der Waals surface area contributed by atoms with Crippen molar-refractivity contribution in [1.29, 1.82) is 0 Å². The maximum absolute atomic E-state index is 12.3. The molecule has 3 fully saturated rings. The molecule has 0 amide bonds.